The first-order valence-electron chi connectivity index (χ1n) is 11.3. The highest BCUT2D eigenvalue weighted by Crippen LogP contribution is 2.47. The van der Waals surface area contributed by atoms with Gasteiger partial charge in [0.1, 0.15) is 5.39 Å². The van der Waals surface area contributed by atoms with E-state index in [0.29, 0.717) is 12.8 Å². The van der Waals surface area contributed by atoms with Crippen molar-refractivity contribution in [1.82, 2.24) is 9.55 Å². The van der Waals surface area contributed by atoms with Crippen molar-refractivity contribution in [3.8, 4) is 5.75 Å². The molecule has 1 saturated carbocycles. The average molecular weight is 526 g/mol. The molecule has 2 unspecified atom stereocenters. The van der Waals surface area contributed by atoms with Gasteiger partial charge in [0.15, 0.2) is 17.5 Å². The number of H-pyrrole nitrogens is 1. The van der Waals surface area contributed by atoms with E-state index in [1.165, 1.54) is 16.4 Å². The number of methoxy groups -OCH3 is 1. The van der Waals surface area contributed by atoms with Crippen LogP contribution in [0, 0.1) is 30.5 Å². The fraction of sp³-hybridized carbons (Fsp3) is 0.636. The van der Waals surface area contributed by atoms with Gasteiger partial charge in [-0.05, 0) is 44.6 Å². The number of benzene rings is 1. The number of nitrogens with two attached hydrogens (primary N) is 1. The summed E-state index contributed by atoms with van der Waals surface area (Å²) in [7, 11) is 1.12. The zero-order valence-corrected chi connectivity index (χ0v) is 19.4. The third-order valence-corrected chi connectivity index (χ3v) is 7.13. The molecule has 1 aromatic heterocycles. The molecule has 0 spiro atoms. The van der Waals surface area contributed by atoms with Crippen LogP contribution in [0.4, 0.5) is 36.4 Å². The second-order valence-electron chi connectivity index (χ2n) is 9.44. The molecule has 0 bridgehead atoms. The van der Waals surface area contributed by atoms with Gasteiger partial charge < -0.3 is 15.4 Å². The van der Waals surface area contributed by atoms with Crippen LogP contribution in [0.3, 0.4) is 0 Å². The smallest absolute Gasteiger partial charge is 0.400 e. The van der Waals surface area contributed by atoms with Crippen LogP contribution in [0.5, 0.6) is 5.75 Å². The summed E-state index contributed by atoms with van der Waals surface area (Å²) in [5.41, 5.74) is 4.27. The van der Waals surface area contributed by atoms with Crippen LogP contribution in [0.15, 0.2) is 9.59 Å². The Kier molecular flexibility index (Phi) is 6.55. The molecule has 4 rings (SSSR count). The number of fused-ring (bicyclic) bond motifs is 1. The maximum absolute atomic E-state index is 15.7. The van der Waals surface area contributed by atoms with Gasteiger partial charge in [-0.15, -0.1) is 0 Å². The number of nitrogens with one attached hydrogen (secondary N) is 1. The summed E-state index contributed by atoms with van der Waals surface area (Å²) in [6.45, 7) is 0.819. The molecule has 0 amide bonds. The quantitative estimate of drug-likeness (QED) is 0.561. The standard InChI is InChI=1S/C22H25F7N4O3/c1-9-16-14(19(34)31-20(35)33(16)12-3-4-12)18(36-2)15(23)17(9)32-7-10(11(6-30)8-32)5-13(21(24,25)26)22(27,28)29/h10-13H,3-8,30H2,1-2H3,(H,31,34,35). The van der Waals surface area contributed by atoms with Crippen LogP contribution >= 0.6 is 0 Å². The van der Waals surface area contributed by atoms with Crippen LogP contribution in [-0.4, -0.2) is 48.6 Å². The summed E-state index contributed by atoms with van der Waals surface area (Å²) in [6, 6.07) is -0.235. The summed E-state index contributed by atoms with van der Waals surface area (Å²) in [6.07, 6.45) is -11.0. The molecule has 2 aromatic rings. The topological polar surface area (TPSA) is 93.3 Å². The minimum Gasteiger partial charge on any atom is -0.493 e. The number of aromatic amines is 1. The Morgan fingerprint density at radius 2 is 1.67 bits per heavy atom. The van der Waals surface area contributed by atoms with Gasteiger partial charge in [-0.25, -0.2) is 9.18 Å². The number of ether oxygens (including phenoxy) is 1. The summed E-state index contributed by atoms with van der Waals surface area (Å²) in [5.74, 6) is -6.90. The normalized spacial score (nSPS) is 21.1. The van der Waals surface area contributed by atoms with E-state index in [2.05, 4.69) is 4.98 Å². The fourth-order valence-electron chi connectivity index (χ4n) is 5.28. The van der Waals surface area contributed by atoms with E-state index in [1.54, 1.807) is 0 Å². The third-order valence-electron chi connectivity index (χ3n) is 7.13. The lowest BCUT2D eigenvalue weighted by atomic mass is 9.86. The van der Waals surface area contributed by atoms with Crippen LogP contribution in [0.2, 0.25) is 0 Å². The molecule has 1 aliphatic heterocycles. The molecular formula is C22H25F7N4O3. The number of aromatic nitrogens is 2. The summed E-state index contributed by atoms with van der Waals surface area (Å²) >= 11 is 0. The first kappa shape index (κ1) is 26.3. The minimum absolute atomic E-state index is 0.104. The predicted octanol–water partition coefficient (Wildman–Crippen LogP) is 3.62. The van der Waals surface area contributed by atoms with E-state index in [4.69, 9.17) is 10.5 Å². The molecule has 2 fully saturated rings. The number of rotatable bonds is 6. The molecule has 3 N–H and O–H groups in total. The Balaban J connectivity index is 1.84. The Morgan fingerprint density at radius 1 is 1.08 bits per heavy atom. The molecule has 2 aliphatic rings. The molecule has 7 nitrogen and oxygen atoms in total. The fourth-order valence-corrected chi connectivity index (χ4v) is 5.28. The number of aryl methyl sites for hydroxylation is 1. The van der Waals surface area contributed by atoms with E-state index in [1.807, 2.05) is 0 Å². The van der Waals surface area contributed by atoms with Gasteiger partial charge >= 0.3 is 18.0 Å². The zero-order valence-electron chi connectivity index (χ0n) is 19.4. The minimum atomic E-state index is -5.50. The molecule has 2 heterocycles. The van der Waals surface area contributed by atoms with Gasteiger partial charge in [-0.1, -0.05) is 0 Å². The van der Waals surface area contributed by atoms with Crippen molar-refractivity contribution in [3.63, 3.8) is 0 Å². The number of hydrogen-bond acceptors (Lipinski definition) is 5. The molecule has 1 aliphatic carbocycles. The second kappa shape index (κ2) is 8.96. The van der Waals surface area contributed by atoms with Crippen LogP contribution < -0.4 is 26.6 Å². The van der Waals surface area contributed by atoms with E-state index in [9.17, 15) is 35.9 Å². The highest BCUT2D eigenvalue weighted by molar-refractivity contribution is 5.93. The van der Waals surface area contributed by atoms with Gasteiger partial charge in [0.2, 0.25) is 0 Å². The monoisotopic (exact) mass is 526 g/mol. The van der Waals surface area contributed by atoms with Crippen molar-refractivity contribution >= 4 is 16.6 Å². The molecule has 14 heteroatoms. The number of anilines is 1. The molecule has 36 heavy (non-hydrogen) atoms. The predicted molar refractivity (Wildman–Crippen MR) is 117 cm³/mol. The van der Waals surface area contributed by atoms with Gasteiger partial charge in [0.25, 0.3) is 5.56 Å². The van der Waals surface area contributed by atoms with Crippen molar-refractivity contribution in [2.24, 2.45) is 23.5 Å². The van der Waals surface area contributed by atoms with Crippen LogP contribution in [0.25, 0.3) is 10.9 Å². The maximum Gasteiger partial charge on any atom is 0.400 e. The lowest BCUT2D eigenvalue weighted by Crippen LogP contribution is -2.39. The van der Waals surface area contributed by atoms with Gasteiger partial charge in [-0.2, -0.15) is 26.3 Å². The maximum atomic E-state index is 15.7. The van der Waals surface area contributed by atoms with Crippen molar-refractivity contribution in [2.45, 2.75) is 44.6 Å². The van der Waals surface area contributed by atoms with Crippen LogP contribution in [-0.2, 0) is 0 Å². The van der Waals surface area contributed by atoms with Gasteiger partial charge in [0.05, 0.1) is 18.3 Å². The highest BCUT2D eigenvalue weighted by Gasteiger charge is 2.57. The number of halogens is 7. The lowest BCUT2D eigenvalue weighted by Gasteiger charge is -2.27. The SMILES string of the molecule is COc1c(F)c(N2CC(CN)C(CC(C(F)(F)F)C(F)(F)F)C2)c(C)c2c1c(=O)[nH]c(=O)n2C1CC1. The third kappa shape index (κ3) is 4.43. The lowest BCUT2D eigenvalue weighted by molar-refractivity contribution is -0.288. The summed E-state index contributed by atoms with van der Waals surface area (Å²) in [4.78, 5) is 28.7. The molecule has 1 saturated heterocycles. The largest absolute Gasteiger partial charge is 0.493 e. The van der Waals surface area contributed by atoms with Crippen molar-refractivity contribution in [2.75, 3.05) is 31.6 Å². The Bertz CT molecular complexity index is 1270. The van der Waals surface area contributed by atoms with Gasteiger partial charge in [0, 0.05) is 24.7 Å². The molecule has 0 radical (unpaired) electrons. The zero-order chi connectivity index (χ0) is 26.7. The molecule has 2 atom stereocenters. The van der Waals surface area contributed by atoms with E-state index < -0.39 is 59.3 Å². The second-order valence-corrected chi connectivity index (χ2v) is 9.44. The number of hydrogen-bond donors (Lipinski definition) is 2. The summed E-state index contributed by atoms with van der Waals surface area (Å²) in [5, 5.41) is -0.192. The average Bonchev–Trinajstić information content (AvgIpc) is 3.51. The summed E-state index contributed by atoms with van der Waals surface area (Å²) < 4.78 is 102. The van der Waals surface area contributed by atoms with Crippen molar-refractivity contribution in [1.29, 1.82) is 0 Å². The Labute approximate surface area is 200 Å². The number of nitrogens with zero attached hydrogens (tertiary/aromatic N) is 2. The number of alkyl halides is 6. The first-order chi connectivity index (χ1) is 16.7. The molecule has 200 valence electrons. The van der Waals surface area contributed by atoms with Crippen molar-refractivity contribution in [3.05, 3.63) is 32.2 Å². The highest BCUT2D eigenvalue weighted by atomic mass is 19.4. The van der Waals surface area contributed by atoms with Gasteiger partial charge in [-0.3, -0.25) is 14.3 Å². The Morgan fingerprint density at radius 3 is 2.17 bits per heavy atom. The van der Waals surface area contributed by atoms with E-state index in [-0.39, 0.29) is 47.8 Å². The molecular weight excluding hydrogens is 501 g/mol. The Hall–Kier alpha value is -2.77. The van der Waals surface area contributed by atoms with E-state index >= 15 is 4.39 Å². The van der Waals surface area contributed by atoms with Crippen molar-refractivity contribution < 1.29 is 35.5 Å². The first-order valence-corrected chi connectivity index (χ1v) is 11.3. The van der Waals surface area contributed by atoms with Crippen LogP contribution in [0.1, 0.15) is 30.9 Å². The molecule has 1 aromatic carbocycles. The van der Waals surface area contributed by atoms with E-state index in [0.717, 1.165) is 7.11 Å².